The summed E-state index contributed by atoms with van der Waals surface area (Å²) in [7, 11) is 0. The third-order valence-corrected chi connectivity index (χ3v) is 2.71. The zero-order valence-electron chi connectivity index (χ0n) is 8.46. The maximum atomic E-state index is 13.2. The Morgan fingerprint density at radius 2 is 1.65 bits per heavy atom. The molecular weight excluding hydrogens is 270 g/mol. The zero-order chi connectivity index (χ0) is 13.4. The molecule has 0 amide bonds. The van der Waals surface area contributed by atoms with E-state index in [2.05, 4.69) is 0 Å². The molecule has 7 heteroatoms. The SMILES string of the molecule is Cc1cc(F)c(C(Cl)C(F)(F)C(F)F)cc1F. The van der Waals surface area contributed by atoms with Crippen LogP contribution in [0.1, 0.15) is 16.5 Å². The van der Waals surface area contributed by atoms with Crippen molar-refractivity contribution >= 4 is 11.6 Å². The monoisotopic (exact) mass is 276 g/mol. The number of benzene rings is 1. The fraction of sp³-hybridized carbons (Fsp3) is 0.400. The van der Waals surface area contributed by atoms with E-state index in [1.165, 1.54) is 6.92 Å². The second kappa shape index (κ2) is 4.76. The van der Waals surface area contributed by atoms with Gasteiger partial charge in [0.2, 0.25) is 0 Å². The molecule has 0 saturated heterocycles. The lowest BCUT2D eigenvalue weighted by Crippen LogP contribution is -2.32. The molecule has 1 rings (SSSR count). The summed E-state index contributed by atoms with van der Waals surface area (Å²) >= 11 is 5.09. The first-order valence-electron chi connectivity index (χ1n) is 4.43. The van der Waals surface area contributed by atoms with Gasteiger partial charge in [-0.25, -0.2) is 17.6 Å². The molecule has 1 aromatic carbocycles. The topological polar surface area (TPSA) is 0 Å². The lowest BCUT2D eigenvalue weighted by molar-refractivity contribution is -0.131. The first-order valence-corrected chi connectivity index (χ1v) is 4.87. The van der Waals surface area contributed by atoms with Crippen molar-refractivity contribution in [1.82, 2.24) is 0 Å². The van der Waals surface area contributed by atoms with Gasteiger partial charge in [-0.3, -0.25) is 0 Å². The Morgan fingerprint density at radius 3 is 2.12 bits per heavy atom. The summed E-state index contributed by atoms with van der Waals surface area (Å²) < 4.78 is 76.0. The minimum absolute atomic E-state index is 0.129. The van der Waals surface area contributed by atoms with E-state index < -0.39 is 34.9 Å². The molecule has 1 unspecified atom stereocenters. The van der Waals surface area contributed by atoms with E-state index in [1.807, 2.05) is 0 Å². The van der Waals surface area contributed by atoms with Gasteiger partial charge in [-0.1, -0.05) is 0 Å². The van der Waals surface area contributed by atoms with Crippen LogP contribution in [0.4, 0.5) is 26.3 Å². The highest BCUT2D eigenvalue weighted by Crippen LogP contribution is 2.42. The van der Waals surface area contributed by atoms with E-state index >= 15 is 0 Å². The molecule has 0 aromatic heterocycles. The Hall–Kier alpha value is -0.910. The molecule has 1 atom stereocenters. The van der Waals surface area contributed by atoms with Crippen LogP contribution in [0.25, 0.3) is 0 Å². The maximum absolute atomic E-state index is 13.2. The van der Waals surface area contributed by atoms with Crippen LogP contribution in [0, 0.1) is 18.6 Å². The number of alkyl halides is 5. The van der Waals surface area contributed by atoms with E-state index in [9.17, 15) is 26.3 Å². The summed E-state index contributed by atoms with van der Waals surface area (Å²) in [5.74, 6) is -6.87. The summed E-state index contributed by atoms with van der Waals surface area (Å²) in [4.78, 5) is 0. The van der Waals surface area contributed by atoms with Crippen molar-refractivity contribution in [2.24, 2.45) is 0 Å². The minimum Gasteiger partial charge on any atom is -0.207 e. The first kappa shape index (κ1) is 14.2. The molecule has 1 aromatic rings. The molecule has 0 aliphatic carbocycles. The highest BCUT2D eigenvalue weighted by atomic mass is 35.5. The van der Waals surface area contributed by atoms with Crippen LogP contribution in [-0.4, -0.2) is 12.3 Å². The van der Waals surface area contributed by atoms with Crippen molar-refractivity contribution in [2.75, 3.05) is 0 Å². The molecule has 0 radical (unpaired) electrons. The average Bonchev–Trinajstić information content (AvgIpc) is 2.22. The molecular formula is C10H7ClF6. The molecule has 0 saturated carbocycles. The summed E-state index contributed by atoms with van der Waals surface area (Å²) in [5.41, 5.74) is -1.12. The van der Waals surface area contributed by atoms with Crippen molar-refractivity contribution in [3.8, 4) is 0 Å². The average molecular weight is 277 g/mol. The highest BCUT2D eigenvalue weighted by molar-refractivity contribution is 6.21. The van der Waals surface area contributed by atoms with Crippen molar-refractivity contribution in [3.05, 3.63) is 34.9 Å². The van der Waals surface area contributed by atoms with Gasteiger partial charge in [0.25, 0.3) is 0 Å². The molecule has 96 valence electrons. The summed E-state index contributed by atoms with van der Waals surface area (Å²) in [6.45, 7) is 1.21. The Morgan fingerprint density at radius 1 is 1.12 bits per heavy atom. The lowest BCUT2D eigenvalue weighted by atomic mass is 10.0. The minimum atomic E-state index is -4.63. The van der Waals surface area contributed by atoms with Gasteiger partial charge in [-0.05, 0) is 24.6 Å². The van der Waals surface area contributed by atoms with Gasteiger partial charge >= 0.3 is 12.3 Å². The third-order valence-electron chi connectivity index (χ3n) is 2.18. The molecule has 0 nitrogen and oxygen atoms in total. The fourth-order valence-corrected chi connectivity index (χ4v) is 1.44. The largest absolute Gasteiger partial charge is 0.327 e. The van der Waals surface area contributed by atoms with Gasteiger partial charge in [0, 0.05) is 5.56 Å². The van der Waals surface area contributed by atoms with E-state index in [1.54, 1.807) is 0 Å². The molecule has 0 aliphatic heterocycles. The van der Waals surface area contributed by atoms with E-state index in [4.69, 9.17) is 11.6 Å². The van der Waals surface area contributed by atoms with Crippen LogP contribution in [0.5, 0.6) is 0 Å². The predicted octanol–water partition coefficient (Wildman–Crippen LogP) is 4.45. The Bertz CT molecular complexity index is 418. The number of halogens is 7. The number of aryl methyl sites for hydroxylation is 1. The molecule has 0 heterocycles. The molecule has 0 bridgehead atoms. The van der Waals surface area contributed by atoms with Crippen molar-refractivity contribution in [1.29, 1.82) is 0 Å². The summed E-state index contributed by atoms with van der Waals surface area (Å²) in [6, 6.07) is 1.03. The van der Waals surface area contributed by atoms with Gasteiger partial charge < -0.3 is 0 Å². The van der Waals surface area contributed by atoms with Gasteiger partial charge in [0.05, 0.1) is 0 Å². The van der Waals surface area contributed by atoms with Crippen LogP contribution in [0.15, 0.2) is 12.1 Å². The van der Waals surface area contributed by atoms with Crippen molar-refractivity contribution in [2.45, 2.75) is 24.6 Å². The molecule has 0 aliphatic rings. The van der Waals surface area contributed by atoms with Gasteiger partial charge in [-0.15, -0.1) is 11.6 Å². The summed E-state index contributed by atoms with van der Waals surface area (Å²) in [6.07, 6.45) is -4.06. The quantitative estimate of drug-likeness (QED) is 0.565. The fourth-order valence-electron chi connectivity index (χ4n) is 1.17. The van der Waals surface area contributed by atoms with Gasteiger partial charge in [0.1, 0.15) is 17.0 Å². The Kier molecular flexibility index (Phi) is 3.96. The predicted molar refractivity (Wildman–Crippen MR) is 50.6 cm³/mol. The number of rotatable bonds is 3. The first-order chi connectivity index (χ1) is 7.67. The zero-order valence-corrected chi connectivity index (χ0v) is 9.21. The Balaban J connectivity index is 3.21. The highest BCUT2D eigenvalue weighted by Gasteiger charge is 2.49. The third kappa shape index (κ3) is 2.68. The Labute approximate surface area is 98.2 Å². The maximum Gasteiger partial charge on any atom is 0.327 e. The van der Waals surface area contributed by atoms with Crippen LogP contribution < -0.4 is 0 Å². The van der Waals surface area contributed by atoms with E-state index in [0.29, 0.717) is 12.1 Å². The molecule has 0 spiro atoms. The molecule has 17 heavy (non-hydrogen) atoms. The standard InChI is InChI=1S/C10H7ClF6/c1-4-2-7(13)5(3-6(4)12)8(11)10(16,17)9(14)15/h2-3,8-9H,1H3. The van der Waals surface area contributed by atoms with Crippen molar-refractivity contribution < 1.29 is 26.3 Å². The van der Waals surface area contributed by atoms with E-state index in [0.717, 1.165) is 0 Å². The van der Waals surface area contributed by atoms with Crippen molar-refractivity contribution in [3.63, 3.8) is 0 Å². The van der Waals surface area contributed by atoms with Crippen LogP contribution >= 0.6 is 11.6 Å². The second-order valence-corrected chi connectivity index (χ2v) is 3.90. The normalized spacial score (nSPS) is 14.2. The van der Waals surface area contributed by atoms with E-state index in [-0.39, 0.29) is 5.56 Å². The second-order valence-electron chi connectivity index (χ2n) is 3.46. The summed E-state index contributed by atoms with van der Waals surface area (Å²) in [5, 5.41) is -2.63. The van der Waals surface area contributed by atoms with Crippen LogP contribution in [0.3, 0.4) is 0 Å². The van der Waals surface area contributed by atoms with Gasteiger partial charge in [-0.2, -0.15) is 8.78 Å². The smallest absolute Gasteiger partial charge is 0.207 e. The molecule has 0 fully saturated rings. The van der Waals surface area contributed by atoms with Gasteiger partial charge in [0.15, 0.2) is 0 Å². The molecule has 0 N–H and O–H groups in total. The van der Waals surface area contributed by atoms with Crippen LogP contribution in [-0.2, 0) is 0 Å². The number of hydrogen-bond acceptors (Lipinski definition) is 0. The lowest BCUT2D eigenvalue weighted by Gasteiger charge is -2.21. The van der Waals surface area contributed by atoms with Crippen LogP contribution in [0.2, 0.25) is 0 Å². The number of hydrogen-bond donors (Lipinski definition) is 0.